The van der Waals surface area contributed by atoms with Crippen molar-refractivity contribution in [1.29, 1.82) is 5.26 Å². The van der Waals surface area contributed by atoms with E-state index < -0.39 is 0 Å². The molecule has 2 aliphatic rings. The van der Waals surface area contributed by atoms with Gasteiger partial charge in [-0.2, -0.15) is 5.26 Å². The number of nitrogens with one attached hydrogen (secondary N) is 1. The third-order valence-corrected chi connectivity index (χ3v) is 3.99. The Kier molecular flexibility index (Phi) is 6.84. The summed E-state index contributed by atoms with van der Waals surface area (Å²) in [5.74, 6) is -0.349. The van der Waals surface area contributed by atoms with Crippen LogP contribution in [-0.2, 0) is 14.3 Å². The Bertz CT molecular complexity index is 474. The number of carbonyl (C=O) groups excluding carboxylic acids is 2. The zero-order valence-electron chi connectivity index (χ0n) is 13.2. The Labute approximate surface area is 136 Å². The molecule has 23 heavy (non-hydrogen) atoms. The molecule has 0 aromatic heterocycles. The number of ether oxygens (including phenoxy) is 1. The molecule has 2 heterocycles. The molecule has 0 aliphatic carbocycles. The summed E-state index contributed by atoms with van der Waals surface area (Å²) in [5, 5.41) is 12.0. The van der Waals surface area contributed by atoms with E-state index in [1.807, 2.05) is 11.0 Å². The quantitative estimate of drug-likeness (QED) is 0.368. The summed E-state index contributed by atoms with van der Waals surface area (Å²) in [7, 11) is 0. The smallest absolute Gasteiger partial charge is 0.263 e. The zero-order chi connectivity index (χ0) is 16.5. The fraction of sp³-hybridized carbons (Fsp3) is 0.667. The van der Waals surface area contributed by atoms with Crippen molar-refractivity contribution in [3.8, 4) is 6.07 Å². The van der Waals surface area contributed by atoms with Gasteiger partial charge in [-0.15, -0.1) is 0 Å². The van der Waals surface area contributed by atoms with E-state index >= 15 is 0 Å². The van der Waals surface area contributed by atoms with E-state index in [4.69, 9.17) is 4.74 Å². The maximum Gasteiger partial charge on any atom is 0.263 e. The number of hydrogen-bond acceptors (Lipinski definition) is 6. The van der Waals surface area contributed by atoms with Gasteiger partial charge in [0.25, 0.3) is 5.91 Å². The molecular formula is C15H23N5O3. The second-order valence-corrected chi connectivity index (χ2v) is 5.54. The summed E-state index contributed by atoms with van der Waals surface area (Å²) >= 11 is 0. The van der Waals surface area contributed by atoms with E-state index in [9.17, 15) is 14.9 Å². The van der Waals surface area contributed by atoms with E-state index in [1.54, 1.807) is 11.1 Å². The van der Waals surface area contributed by atoms with Crippen LogP contribution >= 0.6 is 0 Å². The summed E-state index contributed by atoms with van der Waals surface area (Å²) in [6.07, 6.45) is 2.41. The van der Waals surface area contributed by atoms with Gasteiger partial charge in [0.1, 0.15) is 11.6 Å². The number of carbonyl (C=O) groups is 2. The number of rotatable bonds is 6. The lowest BCUT2D eigenvalue weighted by Gasteiger charge is -2.31. The van der Waals surface area contributed by atoms with Crippen molar-refractivity contribution >= 4 is 12.3 Å². The summed E-state index contributed by atoms with van der Waals surface area (Å²) in [4.78, 5) is 28.5. The van der Waals surface area contributed by atoms with Crippen LogP contribution < -0.4 is 5.32 Å². The van der Waals surface area contributed by atoms with Gasteiger partial charge < -0.3 is 19.9 Å². The van der Waals surface area contributed by atoms with Crippen molar-refractivity contribution in [3.63, 3.8) is 0 Å². The molecular weight excluding hydrogens is 298 g/mol. The molecule has 2 amide bonds. The highest BCUT2D eigenvalue weighted by atomic mass is 16.5. The normalized spacial score (nSPS) is 20.0. The van der Waals surface area contributed by atoms with Crippen molar-refractivity contribution in [2.75, 3.05) is 65.6 Å². The Morgan fingerprint density at radius 2 is 1.78 bits per heavy atom. The standard InChI is InChI=1S/C15H23N5O3/c16-11-14(12-19-3-5-20(13-21)6-4-19)15(22)17-1-2-18-7-9-23-10-8-18/h12-13H,1-10H2,(H,17,22)/b14-12-. The van der Waals surface area contributed by atoms with E-state index in [2.05, 4.69) is 10.2 Å². The lowest BCUT2D eigenvalue weighted by Crippen LogP contribution is -2.44. The minimum Gasteiger partial charge on any atom is -0.379 e. The molecule has 0 atom stereocenters. The summed E-state index contributed by atoms with van der Waals surface area (Å²) in [6, 6.07) is 1.95. The third-order valence-electron chi connectivity index (χ3n) is 3.99. The first-order chi connectivity index (χ1) is 11.2. The van der Waals surface area contributed by atoms with Crippen LogP contribution in [0.4, 0.5) is 0 Å². The lowest BCUT2D eigenvalue weighted by atomic mass is 10.2. The molecule has 2 saturated heterocycles. The predicted octanol–water partition coefficient (Wildman–Crippen LogP) is -1.38. The molecule has 1 N–H and O–H groups in total. The summed E-state index contributed by atoms with van der Waals surface area (Å²) < 4.78 is 5.27. The van der Waals surface area contributed by atoms with Crippen molar-refractivity contribution in [3.05, 3.63) is 11.8 Å². The zero-order valence-corrected chi connectivity index (χ0v) is 13.2. The lowest BCUT2D eigenvalue weighted by molar-refractivity contribution is -0.119. The first-order valence-electron chi connectivity index (χ1n) is 7.86. The van der Waals surface area contributed by atoms with Crippen LogP contribution in [0.5, 0.6) is 0 Å². The monoisotopic (exact) mass is 321 g/mol. The van der Waals surface area contributed by atoms with Crippen molar-refractivity contribution in [1.82, 2.24) is 20.0 Å². The number of nitriles is 1. The van der Waals surface area contributed by atoms with Gasteiger partial charge in [0.2, 0.25) is 6.41 Å². The van der Waals surface area contributed by atoms with Gasteiger partial charge >= 0.3 is 0 Å². The van der Waals surface area contributed by atoms with Crippen molar-refractivity contribution < 1.29 is 14.3 Å². The maximum absolute atomic E-state index is 12.1. The average molecular weight is 321 g/mol. The van der Waals surface area contributed by atoms with Gasteiger partial charge in [0.15, 0.2) is 0 Å². The van der Waals surface area contributed by atoms with Crippen LogP contribution in [0.15, 0.2) is 11.8 Å². The fourth-order valence-electron chi connectivity index (χ4n) is 2.54. The van der Waals surface area contributed by atoms with Crippen LogP contribution in [0.3, 0.4) is 0 Å². The van der Waals surface area contributed by atoms with E-state index in [1.165, 1.54) is 0 Å². The van der Waals surface area contributed by atoms with Gasteiger partial charge in [-0.1, -0.05) is 0 Å². The van der Waals surface area contributed by atoms with Gasteiger partial charge in [0, 0.05) is 58.6 Å². The van der Waals surface area contributed by atoms with Crippen molar-refractivity contribution in [2.45, 2.75) is 0 Å². The van der Waals surface area contributed by atoms with E-state index in [-0.39, 0.29) is 11.5 Å². The molecule has 8 heteroatoms. The highest BCUT2D eigenvalue weighted by Gasteiger charge is 2.16. The second kappa shape index (κ2) is 9.12. The van der Waals surface area contributed by atoms with Crippen LogP contribution in [-0.4, -0.2) is 92.6 Å². The average Bonchev–Trinajstić information content (AvgIpc) is 2.61. The number of hydrogen-bond donors (Lipinski definition) is 1. The highest BCUT2D eigenvalue weighted by molar-refractivity contribution is 5.97. The molecule has 0 saturated carbocycles. The first kappa shape index (κ1) is 17.2. The molecule has 2 fully saturated rings. The van der Waals surface area contributed by atoms with Gasteiger partial charge in [-0.3, -0.25) is 14.5 Å². The van der Waals surface area contributed by atoms with Crippen LogP contribution in [0.1, 0.15) is 0 Å². The molecule has 2 aliphatic heterocycles. The molecule has 2 rings (SSSR count). The summed E-state index contributed by atoms with van der Waals surface area (Å²) in [5.41, 5.74) is 0.103. The Balaban J connectivity index is 1.75. The Hall–Kier alpha value is -2.11. The molecule has 0 aromatic carbocycles. The minimum atomic E-state index is -0.349. The number of nitrogens with zero attached hydrogens (tertiary/aromatic N) is 4. The van der Waals surface area contributed by atoms with Crippen molar-refractivity contribution in [2.24, 2.45) is 0 Å². The number of morpholine rings is 1. The largest absolute Gasteiger partial charge is 0.379 e. The SMILES string of the molecule is N#C/C(=C/N1CCN(C=O)CC1)C(=O)NCCN1CCOCC1. The summed E-state index contributed by atoms with van der Waals surface area (Å²) in [6.45, 7) is 6.94. The minimum absolute atomic E-state index is 0.103. The Morgan fingerprint density at radius 1 is 1.13 bits per heavy atom. The van der Waals surface area contributed by atoms with E-state index in [0.717, 1.165) is 39.3 Å². The maximum atomic E-state index is 12.1. The first-order valence-corrected chi connectivity index (χ1v) is 7.86. The fourth-order valence-corrected chi connectivity index (χ4v) is 2.54. The third kappa shape index (κ3) is 5.54. The molecule has 0 unspecified atom stereocenters. The molecule has 0 spiro atoms. The molecule has 0 bridgehead atoms. The molecule has 0 radical (unpaired) electrons. The second-order valence-electron chi connectivity index (χ2n) is 5.54. The topological polar surface area (TPSA) is 88.9 Å². The van der Waals surface area contributed by atoms with Crippen LogP contribution in [0.25, 0.3) is 0 Å². The highest BCUT2D eigenvalue weighted by Crippen LogP contribution is 2.04. The van der Waals surface area contributed by atoms with Gasteiger partial charge in [-0.05, 0) is 0 Å². The molecule has 8 nitrogen and oxygen atoms in total. The number of piperazine rings is 1. The number of amides is 2. The molecule has 126 valence electrons. The van der Waals surface area contributed by atoms with E-state index in [0.29, 0.717) is 32.7 Å². The van der Waals surface area contributed by atoms with Gasteiger partial charge in [0.05, 0.1) is 13.2 Å². The van der Waals surface area contributed by atoms with Gasteiger partial charge in [-0.25, -0.2) is 0 Å². The predicted molar refractivity (Wildman–Crippen MR) is 83.2 cm³/mol. The Morgan fingerprint density at radius 3 is 2.39 bits per heavy atom. The molecule has 0 aromatic rings. The van der Waals surface area contributed by atoms with Crippen LogP contribution in [0.2, 0.25) is 0 Å². The van der Waals surface area contributed by atoms with Crippen LogP contribution in [0, 0.1) is 11.3 Å².